The Morgan fingerprint density at radius 3 is 3.11 bits per heavy atom. The quantitative estimate of drug-likeness (QED) is 0.706. The molecule has 1 saturated heterocycles. The van der Waals surface area contributed by atoms with Crippen LogP contribution in [0.2, 0.25) is 0 Å². The monoisotopic (exact) mass is 273 g/mol. The molecule has 1 atom stereocenters. The van der Waals surface area contributed by atoms with E-state index in [1.54, 1.807) is 12.4 Å². The summed E-state index contributed by atoms with van der Waals surface area (Å²) in [7, 11) is -3.21. The first-order chi connectivity index (χ1) is 8.66. The topological polar surface area (TPSA) is 84.1 Å². The van der Waals surface area contributed by atoms with Gasteiger partial charge in [0, 0.05) is 32.0 Å². The number of ether oxygens (including phenoxy) is 1. The highest BCUT2D eigenvalue weighted by molar-refractivity contribution is 7.89. The molecule has 7 heteroatoms. The Labute approximate surface area is 107 Å². The summed E-state index contributed by atoms with van der Waals surface area (Å²) >= 11 is 0. The lowest BCUT2D eigenvalue weighted by molar-refractivity contribution is 0.127. The zero-order valence-corrected chi connectivity index (χ0v) is 11.1. The third-order valence-corrected chi connectivity index (χ3v) is 4.35. The summed E-state index contributed by atoms with van der Waals surface area (Å²) in [5.74, 6) is 0.960. The van der Waals surface area contributed by atoms with E-state index in [4.69, 9.17) is 4.74 Å². The lowest BCUT2D eigenvalue weighted by atomic mass is 10.3. The molecular weight excluding hydrogens is 254 g/mol. The summed E-state index contributed by atoms with van der Waals surface area (Å²) in [6.07, 6.45) is 6.60. The summed E-state index contributed by atoms with van der Waals surface area (Å²) in [4.78, 5) is 7.07. The van der Waals surface area contributed by atoms with E-state index in [2.05, 4.69) is 14.7 Å². The van der Waals surface area contributed by atoms with Crippen LogP contribution in [0.4, 0.5) is 0 Å². The number of aryl methyl sites for hydroxylation is 1. The van der Waals surface area contributed by atoms with Gasteiger partial charge in [-0.1, -0.05) is 0 Å². The Hall–Kier alpha value is -0.920. The molecule has 1 aliphatic rings. The summed E-state index contributed by atoms with van der Waals surface area (Å²) in [6.45, 7) is 1.12. The highest BCUT2D eigenvalue weighted by Gasteiger charge is 2.22. The average molecular weight is 273 g/mol. The number of rotatable bonds is 7. The van der Waals surface area contributed by atoms with E-state index >= 15 is 0 Å². The molecule has 0 aliphatic carbocycles. The molecule has 18 heavy (non-hydrogen) atoms. The van der Waals surface area contributed by atoms with Crippen molar-refractivity contribution in [3.8, 4) is 0 Å². The fraction of sp³-hybridized carbons (Fsp3) is 0.727. The zero-order valence-electron chi connectivity index (χ0n) is 10.3. The van der Waals surface area contributed by atoms with Gasteiger partial charge in [0.25, 0.3) is 0 Å². The Morgan fingerprint density at radius 1 is 1.56 bits per heavy atom. The van der Waals surface area contributed by atoms with Crippen LogP contribution in [-0.2, 0) is 21.2 Å². The second-order valence-electron chi connectivity index (χ2n) is 4.45. The van der Waals surface area contributed by atoms with Gasteiger partial charge in [0.05, 0.1) is 11.9 Å². The van der Waals surface area contributed by atoms with E-state index in [0.29, 0.717) is 13.2 Å². The third kappa shape index (κ3) is 4.40. The number of hydrogen-bond acceptors (Lipinski definition) is 4. The van der Waals surface area contributed by atoms with Gasteiger partial charge in [0.1, 0.15) is 5.82 Å². The van der Waals surface area contributed by atoms with Crippen LogP contribution in [-0.4, -0.2) is 43.4 Å². The number of sulfonamides is 1. The van der Waals surface area contributed by atoms with Crippen molar-refractivity contribution in [2.45, 2.75) is 31.8 Å². The summed E-state index contributed by atoms with van der Waals surface area (Å²) in [5, 5.41) is 0. The first kappa shape index (κ1) is 13.5. The molecule has 2 rings (SSSR count). The number of aromatic amines is 1. The molecule has 0 aromatic carbocycles. The minimum atomic E-state index is -3.21. The molecule has 102 valence electrons. The molecule has 1 aromatic heterocycles. The number of H-pyrrole nitrogens is 1. The smallest absolute Gasteiger partial charge is 0.214 e. The maximum atomic E-state index is 11.7. The normalized spacial score (nSPS) is 20.3. The maximum Gasteiger partial charge on any atom is 0.214 e. The molecule has 1 unspecified atom stereocenters. The van der Waals surface area contributed by atoms with E-state index in [1.165, 1.54) is 0 Å². The van der Waals surface area contributed by atoms with Crippen molar-refractivity contribution in [3.05, 3.63) is 18.2 Å². The first-order valence-corrected chi connectivity index (χ1v) is 7.88. The number of nitrogens with one attached hydrogen (secondary N) is 2. The first-order valence-electron chi connectivity index (χ1n) is 6.23. The standard InChI is InChI=1S/C11H19N3O3S/c15-18(16,9-10-3-2-8-17-10)14-5-1-4-11-12-6-7-13-11/h6-7,10,14H,1-5,8-9H2,(H,12,13). The van der Waals surface area contributed by atoms with Gasteiger partial charge in [0.2, 0.25) is 10.0 Å². The lowest BCUT2D eigenvalue weighted by Crippen LogP contribution is -2.32. The van der Waals surface area contributed by atoms with Crippen LogP contribution in [0.3, 0.4) is 0 Å². The van der Waals surface area contributed by atoms with Gasteiger partial charge in [-0.3, -0.25) is 0 Å². The van der Waals surface area contributed by atoms with Crippen LogP contribution in [0.15, 0.2) is 12.4 Å². The SMILES string of the molecule is O=S(=O)(CC1CCCO1)NCCCc1ncc[nH]1. The maximum absolute atomic E-state index is 11.7. The fourth-order valence-corrected chi connectivity index (χ4v) is 3.32. The van der Waals surface area contributed by atoms with Crippen molar-refractivity contribution in [2.75, 3.05) is 18.9 Å². The van der Waals surface area contributed by atoms with Crippen molar-refractivity contribution in [3.63, 3.8) is 0 Å². The van der Waals surface area contributed by atoms with Gasteiger partial charge in [-0.25, -0.2) is 18.1 Å². The predicted molar refractivity (Wildman–Crippen MR) is 67.7 cm³/mol. The van der Waals surface area contributed by atoms with Crippen molar-refractivity contribution in [1.82, 2.24) is 14.7 Å². The van der Waals surface area contributed by atoms with Gasteiger partial charge in [-0.15, -0.1) is 0 Å². The number of hydrogen-bond donors (Lipinski definition) is 2. The second kappa shape index (κ2) is 6.31. The minimum absolute atomic E-state index is 0.0771. The van der Waals surface area contributed by atoms with Gasteiger partial charge in [-0.2, -0.15) is 0 Å². The molecule has 0 radical (unpaired) electrons. The molecule has 0 bridgehead atoms. The summed E-state index contributed by atoms with van der Waals surface area (Å²) < 4.78 is 31.4. The van der Waals surface area contributed by atoms with Crippen molar-refractivity contribution in [1.29, 1.82) is 0 Å². The molecule has 1 fully saturated rings. The zero-order chi connectivity index (χ0) is 12.8. The highest BCUT2D eigenvalue weighted by atomic mass is 32.2. The largest absolute Gasteiger partial charge is 0.377 e. The van der Waals surface area contributed by atoms with Gasteiger partial charge in [0.15, 0.2) is 0 Å². The summed E-state index contributed by atoms with van der Waals surface area (Å²) in [6, 6.07) is 0. The van der Waals surface area contributed by atoms with Crippen LogP contribution in [0.1, 0.15) is 25.1 Å². The van der Waals surface area contributed by atoms with E-state index in [9.17, 15) is 8.42 Å². The van der Waals surface area contributed by atoms with E-state index in [1.807, 2.05) is 0 Å². The van der Waals surface area contributed by atoms with Gasteiger partial charge in [-0.05, 0) is 19.3 Å². The molecule has 0 amide bonds. The van der Waals surface area contributed by atoms with Crippen LogP contribution in [0.25, 0.3) is 0 Å². The average Bonchev–Trinajstić information content (AvgIpc) is 2.96. The van der Waals surface area contributed by atoms with E-state index < -0.39 is 10.0 Å². The fourth-order valence-electron chi connectivity index (χ4n) is 2.00. The van der Waals surface area contributed by atoms with E-state index in [0.717, 1.165) is 31.5 Å². The Morgan fingerprint density at radius 2 is 2.44 bits per heavy atom. The molecule has 0 saturated carbocycles. The van der Waals surface area contributed by atoms with Crippen LogP contribution < -0.4 is 4.72 Å². The predicted octanol–water partition coefficient (Wildman–Crippen LogP) is 0.441. The number of imidazole rings is 1. The van der Waals surface area contributed by atoms with Crippen LogP contribution in [0.5, 0.6) is 0 Å². The Kier molecular flexibility index (Phi) is 4.73. The van der Waals surface area contributed by atoms with Crippen molar-refractivity contribution >= 4 is 10.0 Å². The molecule has 2 heterocycles. The van der Waals surface area contributed by atoms with Crippen molar-refractivity contribution < 1.29 is 13.2 Å². The molecule has 2 N–H and O–H groups in total. The molecule has 0 spiro atoms. The number of aromatic nitrogens is 2. The third-order valence-electron chi connectivity index (χ3n) is 2.90. The van der Waals surface area contributed by atoms with Crippen LogP contribution in [0, 0.1) is 0 Å². The minimum Gasteiger partial charge on any atom is -0.377 e. The van der Waals surface area contributed by atoms with E-state index in [-0.39, 0.29) is 11.9 Å². The molecule has 6 nitrogen and oxygen atoms in total. The molecular formula is C11H19N3O3S. The van der Waals surface area contributed by atoms with Gasteiger partial charge < -0.3 is 9.72 Å². The Balaban J connectivity index is 1.65. The van der Waals surface area contributed by atoms with Crippen LogP contribution >= 0.6 is 0 Å². The number of nitrogens with zero attached hydrogens (tertiary/aromatic N) is 1. The highest BCUT2D eigenvalue weighted by Crippen LogP contribution is 2.13. The lowest BCUT2D eigenvalue weighted by Gasteiger charge is -2.10. The molecule has 1 aromatic rings. The molecule has 1 aliphatic heterocycles. The Bertz CT molecular complexity index is 438. The summed E-state index contributed by atoms with van der Waals surface area (Å²) in [5.41, 5.74) is 0. The van der Waals surface area contributed by atoms with Crippen molar-refractivity contribution in [2.24, 2.45) is 0 Å². The van der Waals surface area contributed by atoms with Gasteiger partial charge >= 0.3 is 0 Å². The second-order valence-corrected chi connectivity index (χ2v) is 6.30.